The quantitative estimate of drug-likeness (QED) is 0.0873. The Morgan fingerprint density at radius 2 is 0.610 bits per heavy atom. The predicted octanol–water partition coefficient (Wildman–Crippen LogP) is 9.00. The van der Waals surface area contributed by atoms with Crippen LogP contribution in [0.3, 0.4) is 0 Å². The summed E-state index contributed by atoms with van der Waals surface area (Å²) in [5, 5.41) is 2.13. The fourth-order valence-corrected chi connectivity index (χ4v) is 6.11. The molecule has 0 aliphatic carbocycles. The van der Waals surface area contributed by atoms with Crippen molar-refractivity contribution in [1.82, 2.24) is 0 Å². The SMILES string of the molecule is [Fe+2].c1ccc(OP(Oc2ccccc2)c2ccc[cH-]2)cc1.c1ccc(OP(Oc2ccccc2)c2ccc[cH-]2)cc1. The van der Waals surface area contributed by atoms with Crippen molar-refractivity contribution >= 4 is 27.4 Å². The van der Waals surface area contributed by atoms with Crippen LogP contribution in [0.1, 0.15) is 0 Å². The van der Waals surface area contributed by atoms with Crippen molar-refractivity contribution < 1.29 is 35.2 Å². The summed E-state index contributed by atoms with van der Waals surface area (Å²) in [5.74, 6) is 3.26. The van der Waals surface area contributed by atoms with Crippen LogP contribution in [0.25, 0.3) is 0 Å². The molecule has 0 N–H and O–H groups in total. The van der Waals surface area contributed by atoms with Gasteiger partial charge in [-0.05, 0) is 48.5 Å². The molecular weight excluding hydrogens is 590 g/mol. The average molecular weight is 618 g/mol. The van der Waals surface area contributed by atoms with E-state index < -0.39 is 16.8 Å². The van der Waals surface area contributed by atoms with Crippen LogP contribution in [0.5, 0.6) is 23.0 Å². The second-order valence-electron chi connectivity index (χ2n) is 8.42. The van der Waals surface area contributed by atoms with Crippen LogP contribution in [-0.4, -0.2) is 0 Å². The molecule has 41 heavy (non-hydrogen) atoms. The molecule has 0 aromatic heterocycles. The first kappa shape index (κ1) is 30.1. The van der Waals surface area contributed by atoms with E-state index in [0.717, 1.165) is 33.6 Å². The van der Waals surface area contributed by atoms with Crippen LogP contribution >= 0.6 is 16.8 Å². The minimum Gasteiger partial charge on any atom is -0.437 e. The van der Waals surface area contributed by atoms with Gasteiger partial charge >= 0.3 is 17.1 Å². The first-order valence-corrected chi connectivity index (χ1v) is 15.1. The normalized spacial score (nSPS) is 10.2. The molecule has 0 amide bonds. The standard InChI is InChI=1S/2C17H14O2P.Fe/c2*1-3-9-15(10-4-1)18-20(17-13-7-8-14-17)19-16-11-5-2-6-12-16;/h2*1-14H;/q2*-1;+2. The first-order chi connectivity index (χ1) is 19.8. The maximum absolute atomic E-state index is 6.01. The Balaban J connectivity index is 0.000000184. The second-order valence-corrected chi connectivity index (χ2v) is 11.2. The molecule has 0 bridgehead atoms. The molecule has 0 heterocycles. The van der Waals surface area contributed by atoms with Gasteiger partial charge in [-0.1, -0.05) is 83.4 Å². The summed E-state index contributed by atoms with van der Waals surface area (Å²) >= 11 is 0. The van der Waals surface area contributed by atoms with Crippen LogP contribution in [-0.2, 0) is 17.1 Å². The van der Waals surface area contributed by atoms with Crippen LogP contribution < -0.4 is 28.7 Å². The van der Waals surface area contributed by atoms with Crippen LogP contribution in [0.15, 0.2) is 170 Å². The number of para-hydroxylation sites is 4. The molecule has 206 valence electrons. The van der Waals surface area contributed by atoms with Crippen LogP contribution in [0.2, 0.25) is 0 Å². The molecule has 0 aliphatic rings. The number of hydrogen-bond acceptors (Lipinski definition) is 4. The largest absolute Gasteiger partial charge is 2.00 e. The van der Waals surface area contributed by atoms with Crippen molar-refractivity contribution in [3.63, 3.8) is 0 Å². The number of hydrogen-bond donors (Lipinski definition) is 0. The molecule has 0 fully saturated rings. The molecule has 0 aliphatic heterocycles. The van der Waals surface area contributed by atoms with Gasteiger partial charge in [0.1, 0.15) is 23.0 Å². The Morgan fingerprint density at radius 3 is 0.829 bits per heavy atom. The Morgan fingerprint density at radius 1 is 0.341 bits per heavy atom. The van der Waals surface area contributed by atoms with Crippen molar-refractivity contribution in [2.24, 2.45) is 0 Å². The summed E-state index contributed by atoms with van der Waals surface area (Å²) in [6.07, 6.45) is 0. The van der Waals surface area contributed by atoms with Gasteiger partial charge in [-0.25, -0.2) is 12.1 Å². The molecular formula is C34H28FeO4P2. The topological polar surface area (TPSA) is 36.9 Å². The van der Waals surface area contributed by atoms with E-state index in [-0.39, 0.29) is 17.1 Å². The van der Waals surface area contributed by atoms with Gasteiger partial charge in [-0.3, -0.25) is 0 Å². The van der Waals surface area contributed by atoms with Crippen molar-refractivity contribution in [2.45, 2.75) is 0 Å². The van der Waals surface area contributed by atoms with E-state index in [9.17, 15) is 0 Å². The zero-order valence-corrected chi connectivity index (χ0v) is 24.9. The van der Waals surface area contributed by atoms with Gasteiger partial charge < -0.3 is 18.1 Å². The molecule has 6 aromatic rings. The maximum Gasteiger partial charge on any atom is 2.00 e. The smallest absolute Gasteiger partial charge is 0.437 e. The van der Waals surface area contributed by atoms with Gasteiger partial charge in [-0.2, -0.15) is 36.4 Å². The second kappa shape index (κ2) is 16.4. The van der Waals surface area contributed by atoms with Gasteiger partial charge in [0.05, 0.1) is 0 Å². The zero-order valence-electron chi connectivity index (χ0n) is 22.0. The average Bonchev–Trinajstić information content (AvgIpc) is 3.75. The Kier molecular flexibility index (Phi) is 12.1. The number of benzene rings is 4. The predicted molar refractivity (Wildman–Crippen MR) is 165 cm³/mol. The minimum absolute atomic E-state index is 0. The van der Waals surface area contributed by atoms with Crippen molar-refractivity contribution in [3.8, 4) is 23.0 Å². The van der Waals surface area contributed by atoms with Crippen molar-refractivity contribution in [2.75, 3.05) is 0 Å². The fourth-order valence-electron chi connectivity index (χ4n) is 3.53. The number of rotatable bonds is 10. The van der Waals surface area contributed by atoms with E-state index in [0.29, 0.717) is 0 Å². The Bertz CT molecular complexity index is 1280. The van der Waals surface area contributed by atoms with Gasteiger partial charge in [0.2, 0.25) is 0 Å². The molecule has 6 rings (SSSR count). The molecule has 0 radical (unpaired) electrons. The molecule has 0 atom stereocenters. The van der Waals surface area contributed by atoms with E-state index in [1.54, 1.807) is 0 Å². The molecule has 0 saturated carbocycles. The van der Waals surface area contributed by atoms with Gasteiger partial charge in [0, 0.05) is 0 Å². The van der Waals surface area contributed by atoms with E-state index >= 15 is 0 Å². The maximum atomic E-state index is 6.01. The van der Waals surface area contributed by atoms with Crippen molar-refractivity contribution in [3.05, 3.63) is 170 Å². The van der Waals surface area contributed by atoms with Gasteiger partial charge in [-0.15, -0.1) is 0 Å². The molecule has 7 heteroatoms. The molecule has 0 spiro atoms. The fraction of sp³-hybridized carbons (Fsp3) is 0. The van der Waals surface area contributed by atoms with E-state index in [1.807, 2.05) is 170 Å². The third kappa shape index (κ3) is 9.64. The van der Waals surface area contributed by atoms with E-state index in [2.05, 4.69) is 0 Å². The third-order valence-electron chi connectivity index (χ3n) is 5.44. The van der Waals surface area contributed by atoms with Crippen molar-refractivity contribution in [1.29, 1.82) is 0 Å². The minimum atomic E-state index is -1.17. The Labute approximate surface area is 254 Å². The summed E-state index contributed by atoms with van der Waals surface area (Å²) in [6, 6.07) is 55.1. The summed E-state index contributed by atoms with van der Waals surface area (Å²) in [4.78, 5) is 0. The zero-order chi connectivity index (χ0) is 27.2. The molecule has 0 saturated heterocycles. The summed E-state index contributed by atoms with van der Waals surface area (Å²) in [5.41, 5.74) is 0. The third-order valence-corrected chi connectivity index (χ3v) is 8.38. The van der Waals surface area contributed by atoms with Gasteiger partial charge in [0.15, 0.2) is 0 Å². The summed E-state index contributed by atoms with van der Waals surface area (Å²) < 4.78 is 24.0. The van der Waals surface area contributed by atoms with E-state index in [4.69, 9.17) is 18.1 Å². The molecule has 4 nitrogen and oxygen atoms in total. The summed E-state index contributed by atoms with van der Waals surface area (Å²) in [6.45, 7) is 0. The van der Waals surface area contributed by atoms with Crippen LogP contribution in [0.4, 0.5) is 0 Å². The van der Waals surface area contributed by atoms with E-state index in [1.165, 1.54) is 0 Å². The van der Waals surface area contributed by atoms with Gasteiger partial charge in [0.25, 0.3) is 16.8 Å². The first-order valence-electron chi connectivity index (χ1n) is 12.8. The van der Waals surface area contributed by atoms with Crippen LogP contribution in [0, 0.1) is 0 Å². The monoisotopic (exact) mass is 618 g/mol. The summed E-state index contributed by atoms with van der Waals surface area (Å²) in [7, 11) is -2.34. The molecule has 0 unspecified atom stereocenters. The molecule has 6 aromatic carbocycles. The Hall–Kier alpha value is -3.84.